The van der Waals surface area contributed by atoms with E-state index in [2.05, 4.69) is 9.88 Å². The standard InChI is InChI=1S/C16H22N4/c1-2-6-11-19(10-5-1)16-14-8-4-3-7-13(14)15-17-9-12-20(15)18-16/h9,12H,1-8,10-11H2. The summed E-state index contributed by atoms with van der Waals surface area (Å²) < 4.78 is 1.99. The molecule has 0 aromatic carbocycles. The third-order valence-electron chi connectivity index (χ3n) is 4.74. The maximum Gasteiger partial charge on any atom is 0.157 e. The molecule has 1 fully saturated rings. The van der Waals surface area contributed by atoms with E-state index in [1.807, 2.05) is 16.9 Å². The van der Waals surface area contributed by atoms with Gasteiger partial charge >= 0.3 is 0 Å². The van der Waals surface area contributed by atoms with Crippen molar-refractivity contribution in [1.29, 1.82) is 0 Å². The van der Waals surface area contributed by atoms with Gasteiger partial charge < -0.3 is 4.90 Å². The number of fused-ring (bicyclic) bond motifs is 3. The summed E-state index contributed by atoms with van der Waals surface area (Å²) in [5.41, 5.74) is 4.02. The molecule has 4 heteroatoms. The Balaban J connectivity index is 1.84. The number of imidazole rings is 1. The van der Waals surface area contributed by atoms with Gasteiger partial charge in [-0.25, -0.2) is 9.50 Å². The molecule has 0 spiro atoms. The quantitative estimate of drug-likeness (QED) is 0.798. The zero-order valence-corrected chi connectivity index (χ0v) is 12.0. The molecule has 0 radical (unpaired) electrons. The van der Waals surface area contributed by atoms with E-state index in [0.29, 0.717) is 0 Å². The van der Waals surface area contributed by atoms with Crippen molar-refractivity contribution in [3.8, 4) is 0 Å². The molecule has 2 aromatic heterocycles. The second-order valence-electron chi connectivity index (χ2n) is 6.08. The molecule has 106 valence electrons. The SMILES string of the molecule is c1cn2nc(N3CCCCCC3)c3c(c2n1)CCCC3. The van der Waals surface area contributed by atoms with E-state index in [9.17, 15) is 0 Å². The topological polar surface area (TPSA) is 33.4 Å². The first kappa shape index (κ1) is 12.2. The number of nitrogens with zero attached hydrogens (tertiary/aromatic N) is 4. The van der Waals surface area contributed by atoms with E-state index in [1.54, 1.807) is 0 Å². The van der Waals surface area contributed by atoms with Crippen LogP contribution in [0.2, 0.25) is 0 Å². The van der Waals surface area contributed by atoms with Gasteiger partial charge in [-0.05, 0) is 38.5 Å². The Morgan fingerprint density at radius 1 is 0.850 bits per heavy atom. The lowest BCUT2D eigenvalue weighted by atomic mass is 9.92. The van der Waals surface area contributed by atoms with Crippen LogP contribution in [0.5, 0.6) is 0 Å². The second-order valence-corrected chi connectivity index (χ2v) is 6.08. The average molecular weight is 270 g/mol. The van der Waals surface area contributed by atoms with Crippen LogP contribution < -0.4 is 4.90 Å². The number of hydrogen-bond acceptors (Lipinski definition) is 3. The molecule has 4 rings (SSSR count). The highest BCUT2D eigenvalue weighted by atomic mass is 15.3. The lowest BCUT2D eigenvalue weighted by Gasteiger charge is -2.27. The van der Waals surface area contributed by atoms with Crippen LogP contribution in [-0.2, 0) is 12.8 Å². The molecule has 0 unspecified atom stereocenters. The number of hydrogen-bond donors (Lipinski definition) is 0. The fourth-order valence-corrected chi connectivity index (χ4v) is 3.69. The maximum atomic E-state index is 4.89. The van der Waals surface area contributed by atoms with Gasteiger partial charge in [0.2, 0.25) is 0 Å². The molecular formula is C16H22N4. The Kier molecular flexibility index (Phi) is 3.09. The smallest absolute Gasteiger partial charge is 0.157 e. The largest absolute Gasteiger partial charge is 0.355 e. The van der Waals surface area contributed by atoms with Gasteiger partial charge in [-0.15, -0.1) is 5.10 Å². The molecule has 1 saturated heterocycles. The van der Waals surface area contributed by atoms with E-state index >= 15 is 0 Å². The van der Waals surface area contributed by atoms with Crippen molar-refractivity contribution in [3.05, 3.63) is 23.5 Å². The maximum absolute atomic E-state index is 4.89. The van der Waals surface area contributed by atoms with Crippen molar-refractivity contribution < 1.29 is 0 Å². The minimum atomic E-state index is 1.08. The molecule has 20 heavy (non-hydrogen) atoms. The molecule has 0 amide bonds. The first-order valence-electron chi connectivity index (χ1n) is 8.03. The van der Waals surface area contributed by atoms with Crippen LogP contribution in [0.1, 0.15) is 49.7 Å². The fourth-order valence-electron chi connectivity index (χ4n) is 3.69. The number of anilines is 1. The highest BCUT2D eigenvalue weighted by molar-refractivity contribution is 5.61. The van der Waals surface area contributed by atoms with Crippen molar-refractivity contribution in [1.82, 2.24) is 14.6 Å². The van der Waals surface area contributed by atoms with Gasteiger partial charge in [0.05, 0.1) is 0 Å². The first-order valence-corrected chi connectivity index (χ1v) is 8.03. The van der Waals surface area contributed by atoms with Gasteiger partial charge in [0, 0.05) is 36.6 Å². The zero-order chi connectivity index (χ0) is 13.4. The van der Waals surface area contributed by atoms with Gasteiger partial charge in [0.1, 0.15) is 0 Å². The molecule has 1 aliphatic carbocycles. The summed E-state index contributed by atoms with van der Waals surface area (Å²) in [6, 6.07) is 0. The lowest BCUT2D eigenvalue weighted by Crippen LogP contribution is -2.28. The predicted octanol–water partition coefficient (Wildman–Crippen LogP) is 2.99. The molecular weight excluding hydrogens is 248 g/mol. The Hall–Kier alpha value is -1.58. The van der Waals surface area contributed by atoms with Crippen molar-refractivity contribution in [2.45, 2.75) is 51.4 Å². The van der Waals surface area contributed by atoms with Crippen molar-refractivity contribution in [2.24, 2.45) is 0 Å². The molecule has 0 bridgehead atoms. The summed E-state index contributed by atoms with van der Waals surface area (Å²) in [6.45, 7) is 2.33. The van der Waals surface area contributed by atoms with Crippen LogP contribution in [0, 0.1) is 0 Å². The average Bonchev–Trinajstić information content (AvgIpc) is 2.80. The van der Waals surface area contributed by atoms with Gasteiger partial charge in [-0.2, -0.15) is 0 Å². The highest BCUT2D eigenvalue weighted by Crippen LogP contribution is 2.32. The van der Waals surface area contributed by atoms with Crippen LogP contribution >= 0.6 is 0 Å². The molecule has 0 N–H and O–H groups in total. The molecule has 2 aliphatic rings. The molecule has 3 heterocycles. The number of aromatic nitrogens is 3. The second kappa shape index (κ2) is 5.08. The molecule has 1 aliphatic heterocycles. The lowest BCUT2D eigenvalue weighted by molar-refractivity contribution is 0.662. The monoisotopic (exact) mass is 270 g/mol. The van der Waals surface area contributed by atoms with Crippen molar-refractivity contribution in [3.63, 3.8) is 0 Å². The van der Waals surface area contributed by atoms with Gasteiger partial charge in [-0.1, -0.05) is 12.8 Å². The molecule has 2 aromatic rings. The fraction of sp³-hybridized carbons (Fsp3) is 0.625. The molecule has 0 atom stereocenters. The highest BCUT2D eigenvalue weighted by Gasteiger charge is 2.23. The van der Waals surface area contributed by atoms with Gasteiger partial charge in [0.15, 0.2) is 11.5 Å². The third-order valence-corrected chi connectivity index (χ3v) is 4.74. The van der Waals surface area contributed by atoms with Crippen molar-refractivity contribution >= 4 is 11.5 Å². The number of aryl methyl sites for hydroxylation is 1. The zero-order valence-electron chi connectivity index (χ0n) is 12.0. The number of rotatable bonds is 1. The minimum Gasteiger partial charge on any atom is -0.355 e. The van der Waals surface area contributed by atoms with Crippen LogP contribution in [0.25, 0.3) is 5.65 Å². The summed E-state index contributed by atoms with van der Waals surface area (Å²) in [5, 5.41) is 4.89. The summed E-state index contributed by atoms with van der Waals surface area (Å²) in [6.07, 6.45) is 14.1. The summed E-state index contributed by atoms with van der Waals surface area (Å²) in [4.78, 5) is 7.04. The molecule has 0 saturated carbocycles. The van der Waals surface area contributed by atoms with Crippen LogP contribution in [-0.4, -0.2) is 27.7 Å². The third kappa shape index (κ3) is 1.98. The van der Waals surface area contributed by atoms with Crippen LogP contribution in [0.15, 0.2) is 12.4 Å². The van der Waals surface area contributed by atoms with Crippen LogP contribution in [0.4, 0.5) is 5.82 Å². The van der Waals surface area contributed by atoms with Crippen LogP contribution in [0.3, 0.4) is 0 Å². The Morgan fingerprint density at radius 2 is 1.60 bits per heavy atom. The van der Waals surface area contributed by atoms with Gasteiger partial charge in [0.25, 0.3) is 0 Å². The Morgan fingerprint density at radius 3 is 2.40 bits per heavy atom. The Labute approximate surface area is 119 Å². The summed E-state index contributed by atoms with van der Waals surface area (Å²) in [5.74, 6) is 1.24. The van der Waals surface area contributed by atoms with Gasteiger partial charge in [-0.3, -0.25) is 0 Å². The van der Waals surface area contributed by atoms with E-state index in [0.717, 1.165) is 5.65 Å². The Bertz CT molecular complexity index is 608. The van der Waals surface area contributed by atoms with E-state index in [1.165, 1.54) is 81.4 Å². The normalized spacial score (nSPS) is 19.9. The molecule has 4 nitrogen and oxygen atoms in total. The first-order chi connectivity index (χ1) is 9.93. The summed E-state index contributed by atoms with van der Waals surface area (Å²) in [7, 11) is 0. The predicted molar refractivity (Wildman–Crippen MR) is 80.3 cm³/mol. The van der Waals surface area contributed by atoms with E-state index in [4.69, 9.17) is 5.10 Å². The van der Waals surface area contributed by atoms with E-state index < -0.39 is 0 Å². The summed E-state index contributed by atoms with van der Waals surface area (Å²) >= 11 is 0. The minimum absolute atomic E-state index is 1.08. The van der Waals surface area contributed by atoms with Crippen molar-refractivity contribution in [2.75, 3.05) is 18.0 Å². The van der Waals surface area contributed by atoms with E-state index in [-0.39, 0.29) is 0 Å².